The van der Waals surface area contributed by atoms with Gasteiger partial charge in [-0.3, -0.25) is 0 Å². The van der Waals surface area contributed by atoms with Gasteiger partial charge in [-0.25, -0.2) is 0 Å². The Morgan fingerprint density at radius 1 is 0.913 bits per heavy atom. The molecule has 23 heavy (non-hydrogen) atoms. The van der Waals surface area contributed by atoms with E-state index in [9.17, 15) is 4.79 Å². The molecule has 0 bridgehead atoms. The van der Waals surface area contributed by atoms with Gasteiger partial charge in [-0.15, -0.1) is 0 Å². The standard InChI is InChI=1S/C20H38O2.Tc/c1-16(2)9-6-10-17(3)11-7-12-18(4)13-8-14-19(5)15-20(21)22;/h15-18H,6-14H2,1-5H3,(H,21,22);/q;+1/p-1/b19-15+;/t17-,18-;/m1./s1. The Morgan fingerprint density at radius 3 is 1.87 bits per heavy atom. The third-order valence-electron chi connectivity index (χ3n) is 4.58. The zero-order valence-electron chi connectivity index (χ0n) is 15.9. The van der Waals surface area contributed by atoms with Gasteiger partial charge in [0.25, 0.3) is 0 Å². The first-order chi connectivity index (χ1) is 10.8. The summed E-state index contributed by atoms with van der Waals surface area (Å²) in [6.07, 6.45) is 13.3. The predicted octanol–water partition coefficient (Wildman–Crippen LogP) is 6.38. The molecule has 2 atom stereocenters. The molecule has 3 heteroatoms. The molecule has 136 valence electrons. The maximum absolute atomic E-state index is 11.1. The van der Waals surface area contributed by atoms with Gasteiger partial charge in [-0.2, -0.15) is 0 Å². The molecule has 0 aromatic rings. The first-order valence-electron chi connectivity index (χ1n) is 9.34. The van der Waals surface area contributed by atoms with E-state index in [1.165, 1.54) is 51.4 Å². The van der Waals surface area contributed by atoms with Crippen LogP contribution in [0, 0.1) is 17.8 Å². The molecule has 0 aromatic carbocycles. The summed E-state index contributed by atoms with van der Waals surface area (Å²) in [5.41, 5.74) is 1.12. The second-order valence-corrected chi connectivity index (χ2v) is 8.12. The van der Waals surface area contributed by atoms with Crippen molar-refractivity contribution in [1.82, 2.24) is 0 Å². The van der Waals surface area contributed by atoms with Gasteiger partial charge in [0.05, 0.1) is 0 Å². The number of carbonyl (C=O) groups excluding carboxylic acids is 1. The summed E-state index contributed by atoms with van der Waals surface area (Å²) in [5.74, 6) is 2.27. The summed E-state index contributed by atoms with van der Waals surface area (Å²) in [6.45, 7) is 11.4. The fourth-order valence-electron chi connectivity index (χ4n) is 3.00. The summed E-state index contributed by atoms with van der Waals surface area (Å²) >= 11 is 1.63. The minimum absolute atomic E-state index is 0.248. The van der Waals surface area contributed by atoms with Crippen molar-refractivity contribution in [2.45, 2.75) is 92.4 Å². The van der Waals surface area contributed by atoms with Crippen LogP contribution in [0.4, 0.5) is 0 Å². The molecule has 0 heterocycles. The van der Waals surface area contributed by atoms with Crippen LogP contribution in [0.25, 0.3) is 0 Å². The van der Waals surface area contributed by atoms with E-state index in [4.69, 9.17) is 0 Å². The Bertz CT molecular complexity index is 337. The molecule has 2 nitrogen and oxygen atoms in total. The van der Waals surface area contributed by atoms with Crippen LogP contribution in [-0.2, 0) is 27.6 Å². The van der Waals surface area contributed by atoms with E-state index in [0.29, 0.717) is 0 Å². The van der Waals surface area contributed by atoms with Crippen molar-refractivity contribution in [3.8, 4) is 0 Å². The average molecular weight is 408 g/mol. The van der Waals surface area contributed by atoms with Gasteiger partial charge in [-0.1, -0.05) is 40.0 Å². The van der Waals surface area contributed by atoms with Crippen molar-refractivity contribution in [2.24, 2.45) is 17.8 Å². The van der Waals surface area contributed by atoms with Crippen LogP contribution in [0.2, 0.25) is 0 Å². The average Bonchev–Trinajstić information content (AvgIpc) is 2.46. The Labute approximate surface area is 155 Å². The van der Waals surface area contributed by atoms with Gasteiger partial charge in [0.2, 0.25) is 0 Å². The van der Waals surface area contributed by atoms with Crippen molar-refractivity contribution in [1.29, 1.82) is 0 Å². The fourth-order valence-corrected chi connectivity index (χ4v) is 3.11. The molecule has 0 saturated carbocycles. The summed E-state index contributed by atoms with van der Waals surface area (Å²) in [4.78, 5) is 11.1. The predicted molar refractivity (Wildman–Crippen MR) is 94.6 cm³/mol. The van der Waals surface area contributed by atoms with Crippen LogP contribution in [-0.4, -0.2) is 5.97 Å². The third-order valence-corrected chi connectivity index (χ3v) is 4.95. The molecule has 0 rings (SSSR count). The number of allylic oxidation sites excluding steroid dienone is 1. The minimum atomic E-state index is -0.248. The quantitative estimate of drug-likeness (QED) is 0.331. The zero-order chi connectivity index (χ0) is 17.7. The monoisotopic (exact) mass is 406 g/mol. The molecule has 0 amide bonds. The third kappa shape index (κ3) is 15.1. The van der Waals surface area contributed by atoms with Gasteiger partial charge < -0.3 is 0 Å². The molecule has 0 aliphatic carbocycles. The molecule has 0 fully saturated rings. The van der Waals surface area contributed by atoms with E-state index in [2.05, 4.69) is 31.2 Å². The fraction of sp³-hybridized carbons (Fsp3) is 0.850. The number of carbonyl (C=O) groups is 1. The Morgan fingerprint density at radius 2 is 1.39 bits per heavy atom. The molecule has 0 unspecified atom stereocenters. The Hall–Kier alpha value is -0.141. The van der Waals surface area contributed by atoms with Gasteiger partial charge in [0.1, 0.15) is 0 Å². The van der Waals surface area contributed by atoms with E-state index in [0.717, 1.165) is 29.7 Å². The SMILES string of the molecule is C/C(=C\C(=O)[O][Tc])CCC[C@H](C)CCC[C@H](C)CCCC(C)C. The molecule has 0 aromatic heterocycles. The zero-order valence-corrected chi connectivity index (χ0v) is 17.7. The minimum Gasteiger partial charge on any atom is -0.0628 e. The molecule has 0 N–H and O–H groups in total. The van der Waals surface area contributed by atoms with E-state index in [1.807, 2.05) is 6.92 Å². The van der Waals surface area contributed by atoms with Crippen molar-refractivity contribution in [2.75, 3.05) is 0 Å². The molecular weight excluding hydrogens is 370 g/mol. The molecule has 0 aliphatic heterocycles. The van der Waals surface area contributed by atoms with E-state index in [-0.39, 0.29) is 5.97 Å². The van der Waals surface area contributed by atoms with Crippen LogP contribution in [0.3, 0.4) is 0 Å². The van der Waals surface area contributed by atoms with Crippen molar-refractivity contribution in [3.63, 3.8) is 0 Å². The summed E-state index contributed by atoms with van der Waals surface area (Å²) in [5, 5.41) is 0. The molecule has 0 saturated heterocycles. The second kappa shape index (κ2) is 14.2. The normalized spacial score (nSPS) is 14.8. The van der Waals surface area contributed by atoms with Crippen LogP contribution in [0.15, 0.2) is 11.6 Å². The van der Waals surface area contributed by atoms with E-state index >= 15 is 0 Å². The van der Waals surface area contributed by atoms with Crippen LogP contribution < -0.4 is 0 Å². The van der Waals surface area contributed by atoms with Crippen LogP contribution in [0.5, 0.6) is 0 Å². The van der Waals surface area contributed by atoms with Gasteiger partial charge in [-0.05, 0) is 5.92 Å². The topological polar surface area (TPSA) is 26.3 Å². The smallest absolute Gasteiger partial charge is 0.0628 e. The summed E-state index contributed by atoms with van der Waals surface area (Å²) in [7, 11) is 0. The van der Waals surface area contributed by atoms with Gasteiger partial charge in [0.15, 0.2) is 0 Å². The van der Waals surface area contributed by atoms with Crippen molar-refractivity contribution >= 4 is 5.97 Å². The second-order valence-electron chi connectivity index (χ2n) is 7.75. The maximum atomic E-state index is 11.1. The Kier molecular flexibility index (Phi) is 14.1. The van der Waals surface area contributed by atoms with Crippen LogP contribution in [0.1, 0.15) is 92.4 Å². The molecule has 0 spiro atoms. The van der Waals surface area contributed by atoms with Crippen LogP contribution >= 0.6 is 0 Å². The number of hydrogen-bond acceptors (Lipinski definition) is 2. The first-order valence-corrected chi connectivity index (χ1v) is 10.1. The summed E-state index contributed by atoms with van der Waals surface area (Å²) < 4.78 is 4.62. The van der Waals surface area contributed by atoms with E-state index < -0.39 is 0 Å². The van der Waals surface area contributed by atoms with E-state index in [1.54, 1.807) is 25.3 Å². The molecular formula is C20H37O2Tc. The molecule has 0 radical (unpaired) electrons. The van der Waals surface area contributed by atoms with Crippen molar-refractivity contribution < 1.29 is 27.6 Å². The first kappa shape index (κ1) is 22.9. The van der Waals surface area contributed by atoms with Gasteiger partial charge in [0, 0.05) is 0 Å². The Balaban J connectivity index is 3.65. The molecule has 0 aliphatic rings. The summed E-state index contributed by atoms with van der Waals surface area (Å²) in [6, 6.07) is 0. The van der Waals surface area contributed by atoms with Crippen molar-refractivity contribution in [3.05, 3.63) is 11.6 Å². The van der Waals surface area contributed by atoms with Gasteiger partial charge >= 0.3 is 109 Å². The number of hydrogen-bond donors (Lipinski definition) is 0. The number of rotatable bonds is 13.